The molecule has 1 aromatic heterocycles. The second-order valence-electron chi connectivity index (χ2n) is 6.12. The maximum Gasteiger partial charge on any atom is 0.272 e. The Hall–Kier alpha value is -2.43. The molecular weight excluding hydrogens is 300 g/mol. The molecule has 0 aliphatic rings. The lowest BCUT2D eigenvalue weighted by Crippen LogP contribution is -2.29. The van der Waals surface area contributed by atoms with Gasteiger partial charge in [-0.15, -0.1) is 0 Å². The summed E-state index contributed by atoms with van der Waals surface area (Å²) in [6, 6.07) is 11.9. The maximum atomic E-state index is 12.6. The minimum atomic E-state index is -0.0525. The number of unbranched alkanes of at least 4 members (excludes halogenated alkanes) is 1. The first-order chi connectivity index (χ1) is 11.5. The van der Waals surface area contributed by atoms with Gasteiger partial charge in [0.25, 0.3) is 5.91 Å². The number of aromatic nitrogens is 2. The summed E-state index contributed by atoms with van der Waals surface area (Å²) in [5.41, 5.74) is 2.43. The lowest BCUT2D eigenvalue weighted by atomic mass is 10.2. The Kier molecular flexibility index (Phi) is 6.29. The van der Waals surface area contributed by atoms with Crippen molar-refractivity contribution in [3.8, 4) is 0 Å². The molecule has 24 heavy (non-hydrogen) atoms. The van der Waals surface area contributed by atoms with Crippen molar-refractivity contribution in [2.24, 2.45) is 0 Å². The van der Waals surface area contributed by atoms with Gasteiger partial charge in [0, 0.05) is 32.9 Å². The van der Waals surface area contributed by atoms with Gasteiger partial charge in [-0.2, -0.15) is 0 Å². The van der Waals surface area contributed by atoms with Gasteiger partial charge in [0.1, 0.15) is 5.69 Å². The Labute approximate surface area is 144 Å². The third-order valence-electron chi connectivity index (χ3n) is 3.86. The molecule has 0 aliphatic heterocycles. The summed E-state index contributed by atoms with van der Waals surface area (Å²) in [4.78, 5) is 25.2. The van der Waals surface area contributed by atoms with Crippen molar-refractivity contribution >= 4 is 11.9 Å². The van der Waals surface area contributed by atoms with E-state index in [-0.39, 0.29) is 5.91 Å². The van der Waals surface area contributed by atoms with Crippen LogP contribution >= 0.6 is 0 Å². The zero-order valence-electron chi connectivity index (χ0n) is 15.0. The number of carbonyl (C=O) groups is 1. The van der Waals surface area contributed by atoms with Gasteiger partial charge in [-0.05, 0) is 25.0 Å². The maximum absolute atomic E-state index is 12.6. The van der Waals surface area contributed by atoms with Crippen LogP contribution < -0.4 is 4.90 Å². The van der Waals surface area contributed by atoms with E-state index in [1.807, 2.05) is 44.1 Å². The Morgan fingerprint density at radius 2 is 1.83 bits per heavy atom. The van der Waals surface area contributed by atoms with Crippen LogP contribution in [0.3, 0.4) is 0 Å². The van der Waals surface area contributed by atoms with Crippen molar-refractivity contribution in [2.75, 3.05) is 25.5 Å². The number of nitrogens with zero attached hydrogens (tertiary/aromatic N) is 4. The van der Waals surface area contributed by atoms with E-state index in [9.17, 15) is 4.79 Å². The summed E-state index contributed by atoms with van der Waals surface area (Å²) in [6.45, 7) is 5.45. The fraction of sp³-hybridized carbons (Fsp3) is 0.421. The minimum absolute atomic E-state index is 0.0525. The Morgan fingerprint density at radius 1 is 1.12 bits per heavy atom. The number of anilines is 1. The Balaban J connectivity index is 2.17. The third kappa shape index (κ3) is 4.78. The summed E-state index contributed by atoms with van der Waals surface area (Å²) in [6.07, 6.45) is 2.05. The summed E-state index contributed by atoms with van der Waals surface area (Å²) in [5, 5.41) is 0. The molecule has 5 heteroatoms. The van der Waals surface area contributed by atoms with Crippen LogP contribution in [-0.4, -0.2) is 41.4 Å². The van der Waals surface area contributed by atoms with Crippen molar-refractivity contribution in [2.45, 2.75) is 33.2 Å². The molecule has 2 aromatic rings. The van der Waals surface area contributed by atoms with Crippen molar-refractivity contribution < 1.29 is 4.79 Å². The lowest BCUT2D eigenvalue weighted by molar-refractivity contribution is 0.0787. The second-order valence-corrected chi connectivity index (χ2v) is 6.12. The number of benzene rings is 1. The molecule has 1 aromatic carbocycles. The third-order valence-corrected chi connectivity index (χ3v) is 3.86. The number of aryl methyl sites for hydroxylation is 1. The molecule has 0 radical (unpaired) electrons. The van der Waals surface area contributed by atoms with Crippen LogP contribution in [0.2, 0.25) is 0 Å². The molecule has 0 atom stereocenters. The normalized spacial score (nSPS) is 10.5. The van der Waals surface area contributed by atoms with Gasteiger partial charge in [-0.3, -0.25) is 4.79 Å². The first-order valence-electron chi connectivity index (χ1n) is 8.37. The lowest BCUT2D eigenvalue weighted by Gasteiger charge is -2.20. The largest absolute Gasteiger partial charge is 0.340 e. The molecule has 0 bridgehead atoms. The summed E-state index contributed by atoms with van der Waals surface area (Å²) >= 11 is 0. The van der Waals surface area contributed by atoms with Gasteiger partial charge in [-0.1, -0.05) is 43.7 Å². The summed E-state index contributed by atoms with van der Waals surface area (Å²) in [7, 11) is 3.76. The molecule has 1 heterocycles. The number of hydrogen-bond donors (Lipinski definition) is 0. The number of hydrogen-bond acceptors (Lipinski definition) is 4. The van der Waals surface area contributed by atoms with Gasteiger partial charge >= 0.3 is 0 Å². The molecule has 2 rings (SSSR count). The number of carbonyl (C=O) groups excluding carboxylic acids is 1. The van der Waals surface area contributed by atoms with E-state index in [0.29, 0.717) is 18.2 Å². The molecular formula is C19H26N4O. The molecule has 0 N–H and O–H groups in total. The summed E-state index contributed by atoms with van der Waals surface area (Å²) < 4.78 is 0. The van der Waals surface area contributed by atoms with Crippen molar-refractivity contribution in [1.82, 2.24) is 14.9 Å². The molecule has 0 aliphatic carbocycles. The van der Waals surface area contributed by atoms with Crippen molar-refractivity contribution in [3.05, 3.63) is 53.3 Å². The molecule has 128 valence electrons. The highest BCUT2D eigenvalue weighted by atomic mass is 16.2. The summed E-state index contributed by atoms with van der Waals surface area (Å²) in [5.74, 6) is 0.523. The van der Waals surface area contributed by atoms with Gasteiger partial charge in [0.05, 0.1) is 0 Å². The van der Waals surface area contributed by atoms with Gasteiger partial charge in [0.2, 0.25) is 5.95 Å². The molecule has 1 amide bonds. The standard InChI is InChI=1S/C19H26N4O/c1-5-6-12-22(3)18(24)17-13-15(2)20-19(21-17)23(4)14-16-10-8-7-9-11-16/h7-11,13H,5-6,12,14H2,1-4H3. The highest BCUT2D eigenvalue weighted by Gasteiger charge is 2.16. The topological polar surface area (TPSA) is 49.3 Å². The average molecular weight is 326 g/mol. The molecule has 0 spiro atoms. The van der Waals surface area contributed by atoms with E-state index in [2.05, 4.69) is 29.0 Å². The number of rotatable bonds is 7. The fourth-order valence-electron chi connectivity index (χ4n) is 2.45. The number of amides is 1. The minimum Gasteiger partial charge on any atom is -0.340 e. The first-order valence-corrected chi connectivity index (χ1v) is 8.37. The van der Waals surface area contributed by atoms with Gasteiger partial charge in [-0.25, -0.2) is 9.97 Å². The van der Waals surface area contributed by atoms with Crippen LogP contribution in [0.15, 0.2) is 36.4 Å². The molecule has 0 unspecified atom stereocenters. The Bertz CT molecular complexity index is 672. The first kappa shape index (κ1) is 17.9. The monoisotopic (exact) mass is 326 g/mol. The van der Waals surface area contributed by atoms with E-state index in [1.54, 1.807) is 11.0 Å². The van der Waals surface area contributed by atoms with Gasteiger partial charge < -0.3 is 9.80 Å². The fourth-order valence-corrected chi connectivity index (χ4v) is 2.45. The molecule has 0 saturated heterocycles. The van der Waals surface area contributed by atoms with E-state index < -0.39 is 0 Å². The van der Waals surface area contributed by atoms with E-state index in [4.69, 9.17) is 0 Å². The highest BCUT2D eigenvalue weighted by molar-refractivity contribution is 5.92. The van der Waals surface area contributed by atoms with Crippen LogP contribution in [0.5, 0.6) is 0 Å². The highest BCUT2D eigenvalue weighted by Crippen LogP contribution is 2.13. The van der Waals surface area contributed by atoms with Crippen LogP contribution in [0.4, 0.5) is 5.95 Å². The van der Waals surface area contributed by atoms with Crippen LogP contribution in [0, 0.1) is 6.92 Å². The molecule has 5 nitrogen and oxygen atoms in total. The molecule has 0 fully saturated rings. The Morgan fingerprint density at radius 3 is 2.50 bits per heavy atom. The quantitative estimate of drug-likeness (QED) is 0.783. The van der Waals surface area contributed by atoms with E-state index >= 15 is 0 Å². The van der Waals surface area contributed by atoms with E-state index in [1.165, 1.54) is 5.56 Å². The van der Waals surface area contributed by atoms with E-state index in [0.717, 1.165) is 25.1 Å². The van der Waals surface area contributed by atoms with Crippen molar-refractivity contribution in [1.29, 1.82) is 0 Å². The average Bonchev–Trinajstić information content (AvgIpc) is 2.59. The smallest absolute Gasteiger partial charge is 0.272 e. The van der Waals surface area contributed by atoms with Crippen LogP contribution in [0.25, 0.3) is 0 Å². The second kappa shape index (κ2) is 8.43. The van der Waals surface area contributed by atoms with Crippen LogP contribution in [-0.2, 0) is 6.54 Å². The molecule has 0 saturated carbocycles. The van der Waals surface area contributed by atoms with Crippen molar-refractivity contribution in [3.63, 3.8) is 0 Å². The van der Waals surface area contributed by atoms with Crippen LogP contribution in [0.1, 0.15) is 41.5 Å². The SMILES string of the molecule is CCCCN(C)C(=O)c1cc(C)nc(N(C)Cc2ccccc2)n1. The van der Waals surface area contributed by atoms with Gasteiger partial charge in [0.15, 0.2) is 0 Å². The predicted molar refractivity (Wildman–Crippen MR) is 97.2 cm³/mol. The zero-order chi connectivity index (χ0) is 17.5. The predicted octanol–water partition coefficient (Wildman–Crippen LogP) is 3.29. The zero-order valence-corrected chi connectivity index (χ0v) is 15.0.